The van der Waals surface area contributed by atoms with Gasteiger partial charge in [0.05, 0.1) is 17.0 Å². The average molecular weight is 360 g/mol. The number of esters is 1. The maximum atomic E-state index is 12.2. The fraction of sp³-hybridized carbons (Fsp3) is 0.294. The van der Waals surface area contributed by atoms with Crippen LogP contribution in [-0.2, 0) is 20.9 Å². The SMILES string of the molecule is CC[C@@H](C)OC(=O)Cn1c(O)c(C2=c3ccccc3=NC2=O)sc1=O. The summed E-state index contributed by atoms with van der Waals surface area (Å²) in [4.78, 5) is 39.8. The lowest BCUT2D eigenvalue weighted by molar-refractivity contribution is -0.149. The average Bonchev–Trinajstić information content (AvgIpc) is 3.04. The first kappa shape index (κ1) is 17.1. The summed E-state index contributed by atoms with van der Waals surface area (Å²) in [6.07, 6.45) is 0.367. The van der Waals surface area contributed by atoms with Crippen LogP contribution in [0.1, 0.15) is 25.1 Å². The standard InChI is InChI=1S/C17H16N2O5S/c1-3-9(2)24-12(20)8-19-16(22)14(25-17(19)23)13-10-6-4-5-7-11(10)18-15(13)21/h4-7,9,22H,3,8H2,1-2H3/t9-/m1/s1. The molecule has 1 aromatic heterocycles. The Morgan fingerprint density at radius 2 is 2.08 bits per heavy atom. The first-order valence-corrected chi connectivity index (χ1v) is 8.58. The summed E-state index contributed by atoms with van der Waals surface area (Å²) in [5.74, 6) is -1.57. The molecule has 2 aromatic rings. The zero-order valence-electron chi connectivity index (χ0n) is 13.7. The van der Waals surface area contributed by atoms with E-state index in [1.807, 2.05) is 6.92 Å². The highest BCUT2D eigenvalue weighted by Crippen LogP contribution is 2.28. The fourth-order valence-corrected chi connectivity index (χ4v) is 3.39. The third kappa shape index (κ3) is 3.12. The van der Waals surface area contributed by atoms with Gasteiger partial charge >= 0.3 is 10.8 Å². The number of hydrogen-bond donors (Lipinski definition) is 1. The Hall–Kier alpha value is -2.74. The summed E-state index contributed by atoms with van der Waals surface area (Å²) >= 11 is 0.704. The summed E-state index contributed by atoms with van der Waals surface area (Å²) in [7, 11) is 0. The van der Waals surface area contributed by atoms with Crippen molar-refractivity contribution in [1.29, 1.82) is 0 Å². The summed E-state index contributed by atoms with van der Waals surface area (Å²) < 4.78 is 6.04. The van der Waals surface area contributed by atoms with Crippen LogP contribution < -0.4 is 15.4 Å². The second-order valence-corrected chi connectivity index (χ2v) is 6.59. The van der Waals surface area contributed by atoms with Gasteiger partial charge in [0.1, 0.15) is 11.4 Å². The zero-order valence-corrected chi connectivity index (χ0v) is 14.5. The van der Waals surface area contributed by atoms with E-state index >= 15 is 0 Å². The Kier molecular flexibility index (Phi) is 4.54. The van der Waals surface area contributed by atoms with Gasteiger partial charge in [-0.05, 0) is 19.4 Å². The lowest BCUT2D eigenvalue weighted by atomic mass is 10.1. The topological polar surface area (TPSA) is 98.0 Å². The summed E-state index contributed by atoms with van der Waals surface area (Å²) in [5.41, 5.74) is 0.171. The predicted molar refractivity (Wildman–Crippen MR) is 90.8 cm³/mol. The van der Waals surface area contributed by atoms with Crippen LogP contribution in [0.2, 0.25) is 0 Å². The van der Waals surface area contributed by atoms with Gasteiger partial charge in [-0.3, -0.25) is 19.0 Å². The Morgan fingerprint density at radius 3 is 2.80 bits per heavy atom. The molecule has 1 aromatic carbocycles. The van der Waals surface area contributed by atoms with Gasteiger partial charge in [0.25, 0.3) is 5.91 Å². The molecule has 1 atom stereocenters. The maximum absolute atomic E-state index is 12.2. The first-order valence-electron chi connectivity index (χ1n) is 7.77. The molecular formula is C17H16N2O5S. The monoisotopic (exact) mass is 360 g/mol. The number of hydrogen-bond acceptors (Lipinski definition) is 6. The Labute approximate surface area is 146 Å². The zero-order chi connectivity index (χ0) is 18.1. The minimum absolute atomic E-state index is 0.111. The van der Waals surface area contributed by atoms with Gasteiger partial charge in [0.15, 0.2) is 0 Å². The van der Waals surface area contributed by atoms with Gasteiger partial charge < -0.3 is 9.84 Å². The number of carbonyl (C=O) groups excluding carboxylic acids is 2. The Balaban J connectivity index is 2.02. The van der Waals surface area contributed by atoms with E-state index in [2.05, 4.69) is 4.99 Å². The predicted octanol–water partition coefficient (Wildman–Crippen LogP) is 0.316. The third-order valence-corrected chi connectivity index (χ3v) is 4.89. The van der Waals surface area contributed by atoms with Crippen LogP contribution in [0.4, 0.5) is 0 Å². The van der Waals surface area contributed by atoms with Crippen molar-refractivity contribution in [2.45, 2.75) is 32.9 Å². The summed E-state index contributed by atoms with van der Waals surface area (Å²) in [6, 6.07) is 6.87. The van der Waals surface area contributed by atoms with E-state index < -0.39 is 29.2 Å². The highest BCUT2D eigenvalue weighted by atomic mass is 32.1. The molecule has 3 rings (SSSR count). The molecule has 0 saturated heterocycles. The number of amides is 1. The maximum Gasteiger partial charge on any atom is 0.326 e. The molecule has 2 heterocycles. The van der Waals surface area contributed by atoms with Crippen molar-refractivity contribution in [3.63, 3.8) is 0 Å². The van der Waals surface area contributed by atoms with Crippen LogP contribution in [0.15, 0.2) is 34.1 Å². The molecule has 0 spiro atoms. The largest absolute Gasteiger partial charge is 0.493 e. The normalized spacial score (nSPS) is 14.2. The quantitative estimate of drug-likeness (QED) is 0.774. The van der Waals surface area contributed by atoms with Gasteiger partial charge in [0, 0.05) is 5.22 Å². The van der Waals surface area contributed by atoms with Crippen molar-refractivity contribution < 1.29 is 19.4 Å². The van der Waals surface area contributed by atoms with Gasteiger partial charge in [-0.1, -0.05) is 36.5 Å². The molecule has 1 N–H and O–H groups in total. The Bertz CT molecular complexity index is 1030. The number of ether oxygens (including phenoxy) is 1. The molecule has 130 valence electrons. The highest BCUT2D eigenvalue weighted by molar-refractivity contribution is 7.11. The van der Waals surface area contributed by atoms with Crippen LogP contribution in [0, 0.1) is 0 Å². The first-order chi connectivity index (χ1) is 11.9. The number of carbonyl (C=O) groups is 2. The van der Waals surface area contributed by atoms with Crippen LogP contribution in [0.5, 0.6) is 5.88 Å². The molecular weight excluding hydrogens is 344 g/mol. The molecule has 1 aliphatic heterocycles. The molecule has 1 aliphatic rings. The minimum atomic E-state index is -0.621. The van der Waals surface area contributed by atoms with E-state index in [0.717, 1.165) is 4.57 Å². The number of fused-ring (bicyclic) bond motifs is 1. The van der Waals surface area contributed by atoms with E-state index in [-0.39, 0.29) is 16.6 Å². The lowest BCUT2D eigenvalue weighted by Gasteiger charge is -2.11. The molecule has 0 radical (unpaired) electrons. The number of nitrogens with zero attached hydrogens (tertiary/aromatic N) is 2. The van der Waals surface area contributed by atoms with Gasteiger partial charge in [-0.2, -0.15) is 0 Å². The van der Waals surface area contributed by atoms with Crippen molar-refractivity contribution in [2.24, 2.45) is 4.99 Å². The van der Waals surface area contributed by atoms with Gasteiger partial charge in [0.2, 0.25) is 5.88 Å². The van der Waals surface area contributed by atoms with Crippen LogP contribution in [0.25, 0.3) is 5.57 Å². The van der Waals surface area contributed by atoms with E-state index in [1.165, 1.54) is 0 Å². The van der Waals surface area contributed by atoms with Gasteiger partial charge in [-0.25, -0.2) is 4.99 Å². The van der Waals surface area contributed by atoms with Crippen molar-refractivity contribution in [3.8, 4) is 5.88 Å². The number of para-hydroxylation sites is 1. The van der Waals surface area contributed by atoms with Crippen molar-refractivity contribution in [2.75, 3.05) is 0 Å². The molecule has 0 aliphatic carbocycles. The molecule has 8 heteroatoms. The molecule has 0 saturated carbocycles. The number of benzene rings is 1. The van der Waals surface area contributed by atoms with E-state index in [9.17, 15) is 19.5 Å². The number of aromatic nitrogens is 1. The van der Waals surface area contributed by atoms with E-state index in [1.54, 1.807) is 31.2 Å². The van der Waals surface area contributed by atoms with Crippen LogP contribution in [-0.4, -0.2) is 27.7 Å². The number of rotatable bonds is 5. The second kappa shape index (κ2) is 6.64. The van der Waals surface area contributed by atoms with E-state index in [0.29, 0.717) is 28.3 Å². The fourth-order valence-electron chi connectivity index (χ4n) is 2.46. The molecule has 1 amide bonds. The molecule has 0 unspecified atom stereocenters. The van der Waals surface area contributed by atoms with Crippen molar-refractivity contribution in [1.82, 2.24) is 4.57 Å². The van der Waals surface area contributed by atoms with Gasteiger partial charge in [-0.15, -0.1) is 0 Å². The second-order valence-electron chi connectivity index (χ2n) is 5.62. The number of aromatic hydroxyl groups is 1. The minimum Gasteiger partial charge on any atom is -0.493 e. The molecule has 0 fully saturated rings. The molecule has 0 bridgehead atoms. The lowest BCUT2D eigenvalue weighted by Crippen LogP contribution is -2.23. The smallest absolute Gasteiger partial charge is 0.326 e. The van der Waals surface area contributed by atoms with Crippen molar-refractivity contribution >= 4 is 28.8 Å². The Morgan fingerprint density at radius 1 is 1.36 bits per heavy atom. The third-order valence-electron chi connectivity index (χ3n) is 3.90. The molecule has 7 nitrogen and oxygen atoms in total. The highest BCUT2D eigenvalue weighted by Gasteiger charge is 2.27. The molecule has 25 heavy (non-hydrogen) atoms. The summed E-state index contributed by atoms with van der Waals surface area (Å²) in [6.45, 7) is 3.20. The number of thiazole rings is 1. The van der Waals surface area contributed by atoms with Crippen LogP contribution >= 0.6 is 11.3 Å². The van der Waals surface area contributed by atoms with Crippen LogP contribution in [0.3, 0.4) is 0 Å². The van der Waals surface area contributed by atoms with E-state index in [4.69, 9.17) is 4.74 Å². The van der Waals surface area contributed by atoms with Crippen molar-refractivity contribution in [3.05, 3.63) is 49.4 Å². The summed E-state index contributed by atoms with van der Waals surface area (Å²) in [5, 5.41) is 11.4.